The fraction of sp³-hybridized carbons (Fsp3) is 0.652. The molecule has 2 amide bonds. The molecule has 4 fully saturated rings. The molecule has 6 heteroatoms. The second-order valence-electron chi connectivity index (χ2n) is 9.16. The van der Waals surface area contributed by atoms with Crippen LogP contribution in [0.3, 0.4) is 0 Å². The van der Waals surface area contributed by atoms with E-state index >= 15 is 0 Å². The number of amides is 2. The van der Waals surface area contributed by atoms with E-state index in [1.165, 1.54) is 19.3 Å². The van der Waals surface area contributed by atoms with Gasteiger partial charge in [0.15, 0.2) is 0 Å². The van der Waals surface area contributed by atoms with E-state index in [2.05, 4.69) is 10.6 Å². The molecule has 29 heavy (non-hydrogen) atoms. The number of carbonyl (C=O) groups is 2. The van der Waals surface area contributed by atoms with Crippen LogP contribution in [0.5, 0.6) is 11.5 Å². The molecule has 158 valence electrons. The molecule has 0 aromatic heterocycles. The van der Waals surface area contributed by atoms with Gasteiger partial charge in [-0.25, -0.2) is 0 Å². The molecule has 0 atom stereocenters. The lowest BCUT2D eigenvalue weighted by molar-refractivity contribution is -0.147. The predicted octanol–water partition coefficient (Wildman–Crippen LogP) is 2.70. The third-order valence-corrected chi connectivity index (χ3v) is 7.13. The van der Waals surface area contributed by atoms with Gasteiger partial charge < -0.3 is 20.1 Å². The van der Waals surface area contributed by atoms with Gasteiger partial charge in [-0.2, -0.15) is 0 Å². The lowest BCUT2D eigenvalue weighted by Gasteiger charge is -2.55. The molecule has 4 aliphatic carbocycles. The molecular weight excluding hydrogens is 368 g/mol. The molecule has 0 heterocycles. The Hall–Kier alpha value is -2.24. The number of hydrogen-bond acceptors (Lipinski definition) is 4. The summed E-state index contributed by atoms with van der Waals surface area (Å²) in [6, 6.07) is 5.63. The monoisotopic (exact) mass is 400 g/mol. The molecule has 6 nitrogen and oxygen atoms in total. The maximum absolute atomic E-state index is 12.9. The standard InChI is InChI=1S/C23H32N2O4/c1-28-19-3-4-20(29-2)18(10-19)5-6-24-21(26)14-25-22(27)23-11-15-7-16(12-23)9-17(8-15)13-23/h3-4,10,15-17H,5-9,11-14H2,1-2H3,(H,24,26)(H,25,27). The molecule has 4 bridgehead atoms. The normalized spacial score (nSPS) is 29.4. The first-order chi connectivity index (χ1) is 14.0. The zero-order valence-electron chi connectivity index (χ0n) is 17.5. The fourth-order valence-electron chi connectivity index (χ4n) is 6.21. The minimum Gasteiger partial charge on any atom is -0.497 e. The summed E-state index contributed by atoms with van der Waals surface area (Å²) in [4.78, 5) is 25.2. The Balaban J connectivity index is 1.24. The fourth-order valence-corrected chi connectivity index (χ4v) is 6.21. The minimum atomic E-state index is -0.205. The average Bonchev–Trinajstić information content (AvgIpc) is 2.70. The van der Waals surface area contributed by atoms with E-state index in [1.807, 2.05) is 18.2 Å². The SMILES string of the molecule is COc1ccc(OC)c(CCNC(=O)CNC(=O)C23CC4CC(CC(C4)C2)C3)c1. The predicted molar refractivity (Wildman–Crippen MR) is 110 cm³/mol. The summed E-state index contributed by atoms with van der Waals surface area (Å²) >= 11 is 0. The van der Waals surface area contributed by atoms with E-state index in [-0.39, 0.29) is 23.8 Å². The van der Waals surface area contributed by atoms with Crippen molar-refractivity contribution in [3.05, 3.63) is 23.8 Å². The largest absolute Gasteiger partial charge is 0.497 e. The van der Waals surface area contributed by atoms with Crippen LogP contribution in [0.2, 0.25) is 0 Å². The summed E-state index contributed by atoms with van der Waals surface area (Å²) in [7, 11) is 3.25. The Kier molecular flexibility index (Phi) is 5.70. The van der Waals surface area contributed by atoms with Crippen molar-refractivity contribution >= 4 is 11.8 Å². The maximum Gasteiger partial charge on any atom is 0.239 e. The quantitative estimate of drug-likeness (QED) is 0.703. The highest BCUT2D eigenvalue weighted by molar-refractivity contribution is 5.88. The van der Waals surface area contributed by atoms with Crippen molar-refractivity contribution in [2.75, 3.05) is 27.3 Å². The molecule has 2 N–H and O–H groups in total. The van der Waals surface area contributed by atoms with Crippen molar-refractivity contribution in [3.8, 4) is 11.5 Å². The summed E-state index contributed by atoms with van der Waals surface area (Å²) in [5, 5.41) is 5.83. The van der Waals surface area contributed by atoms with Crippen molar-refractivity contribution < 1.29 is 19.1 Å². The van der Waals surface area contributed by atoms with Crippen LogP contribution in [0.25, 0.3) is 0 Å². The van der Waals surface area contributed by atoms with Crippen LogP contribution in [-0.4, -0.2) is 39.1 Å². The van der Waals surface area contributed by atoms with Gasteiger partial charge in [-0.3, -0.25) is 9.59 Å². The minimum absolute atomic E-state index is 0.0514. The highest BCUT2D eigenvalue weighted by Gasteiger charge is 2.54. The Morgan fingerprint density at radius 3 is 2.24 bits per heavy atom. The zero-order valence-corrected chi connectivity index (χ0v) is 17.5. The molecule has 0 aliphatic heterocycles. The van der Waals surface area contributed by atoms with Crippen molar-refractivity contribution in [1.82, 2.24) is 10.6 Å². The first-order valence-electron chi connectivity index (χ1n) is 10.8. The molecule has 1 aromatic rings. The van der Waals surface area contributed by atoms with Crippen LogP contribution in [0, 0.1) is 23.2 Å². The van der Waals surface area contributed by atoms with Crippen molar-refractivity contribution in [1.29, 1.82) is 0 Å². The molecule has 0 unspecified atom stereocenters. The molecule has 0 spiro atoms. The molecular formula is C23H32N2O4. The second-order valence-corrected chi connectivity index (χ2v) is 9.16. The maximum atomic E-state index is 12.9. The Labute approximate surface area is 172 Å². The van der Waals surface area contributed by atoms with Gasteiger partial charge in [-0.1, -0.05) is 0 Å². The summed E-state index contributed by atoms with van der Waals surface area (Å²) in [5.74, 6) is 3.65. The van der Waals surface area contributed by atoms with Gasteiger partial charge in [0.1, 0.15) is 11.5 Å². The smallest absolute Gasteiger partial charge is 0.239 e. The van der Waals surface area contributed by atoms with E-state index in [0.717, 1.165) is 54.1 Å². The van der Waals surface area contributed by atoms with Gasteiger partial charge in [0, 0.05) is 12.0 Å². The Morgan fingerprint density at radius 1 is 1.00 bits per heavy atom. The third kappa shape index (κ3) is 4.21. The van der Waals surface area contributed by atoms with E-state index in [9.17, 15) is 9.59 Å². The Bertz CT molecular complexity index is 741. The molecule has 4 aliphatic rings. The number of benzene rings is 1. The zero-order chi connectivity index (χ0) is 20.4. The van der Waals surface area contributed by atoms with Crippen LogP contribution >= 0.6 is 0 Å². The highest BCUT2D eigenvalue weighted by atomic mass is 16.5. The molecule has 5 rings (SSSR count). The van der Waals surface area contributed by atoms with Gasteiger partial charge in [0.25, 0.3) is 0 Å². The van der Waals surface area contributed by atoms with Crippen LogP contribution in [-0.2, 0) is 16.0 Å². The first kappa shape index (κ1) is 20.0. The van der Waals surface area contributed by atoms with Crippen LogP contribution in [0.1, 0.15) is 44.1 Å². The van der Waals surface area contributed by atoms with Crippen molar-refractivity contribution in [2.24, 2.45) is 23.2 Å². The first-order valence-corrected chi connectivity index (χ1v) is 10.8. The van der Waals surface area contributed by atoms with Gasteiger partial charge in [-0.05, 0) is 86.5 Å². The molecule has 0 saturated heterocycles. The number of rotatable bonds is 8. The van der Waals surface area contributed by atoms with E-state index in [0.29, 0.717) is 13.0 Å². The lowest BCUT2D eigenvalue weighted by Crippen LogP contribution is -2.54. The average molecular weight is 401 g/mol. The number of carbonyl (C=O) groups excluding carboxylic acids is 2. The van der Waals surface area contributed by atoms with E-state index in [4.69, 9.17) is 9.47 Å². The van der Waals surface area contributed by atoms with E-state index in [1.54, 1.807) is 14.2 Å². The van der Waals surface area contributed by atoms with Gasteiger partial charge in [-0.15, -0.1) is 0 Å². The molecule has 1 aromatic carbocycles. The summed E-state index contributed by atoms with van der Waals surface area (Å²) in [6.07, 6.45) is 7.60. The summed E-state index contributed by atoms with van der Waals surface area (Å²) < 4.78 is 10.6. The topological polar surface area (TPSA) is 76.7 Å². The third-order valence-electron chi connectivity index (χ3n) is 7.13. The highest BCUT2D eigenvalue weighted by Crippen LogP contribution is 2.60. The van der Waals surface area contributed by atoms with Crippen LogP contribution in [0.15, 0.2) is 18.2 Å². The van der Waals surface area contributed by atoms with Gasteiger partial charge in [0.2, 0.25) is 11.8 Å². The summed E-state index contributed by atoms with van der Waals surface area (Å²) in [6.45, 7) is 0.533. The number of hydrogen-bond donors (Lipinski definition) is 2. The number of nitrogens with one attached hydrogen (secondary N) is 2. The molecule has 0 radical (unpaired) electrons. The summed E-state index contributed by atoms with van der Waals surface area (Å²) in [5.41, 5.74) is 0.771. The van der Waals surface area contributed by atoms with Gasteiger partial charge >= 0.3 is 0 Å². The number of ether oxygens (including phenoxy) is 2. The van der Waals surface area contributed by atoms with Crippen molar-refractivity contribution in [3.63, 3.8) is 0 Å². The van der Waals surface area contributed by atoms with E-state index < -0.39 is 0 Å². The van der Waals surface area contributed by atoms with Crippen LogP contribution in [0.4, 0.5) is 0 Å². The Morgan fingerprint density at radius 2 is 1.66 bits per heavy atom. The van der Waals surface area contributed by atoms with Crippen molar-refractivity contribution in [2.45, 2.75) is 44.9 Å². The van der Waals surface area contributed by atoms with Crippen LogP contribution < -0.4 is 20.1 Å². The number of methoxy groups -OCH3 is 2. The second kappa shape index (κ2) is 8.25. The lowest BCUT2D eigenvalue weighted by atomic mass is 9.49. The van der Waals surface area contributed by atoms with Gasteiger partial charge in [0.05, 0.1) is 20.8 Å². The molecule has 4 saturated carbocycles.